The first-order chi connectivity index (χ1) is 8.67. The molecule has 19 heavy (non-hydrogen) atoms. The van der Waals surface area contributed by atoms with Crippen molar-refractivity contribution < 1.29 is 4.79 Å². The summed E-state index contributed by atoms with van der Waals surface area (Å²) in [5.41, 5.74) is 6.99. The predicted molar refractivity (Wildman–Crippen MR) is 77.7 cm³/mol. The van der Waals surface area contributed by atoms with Crippen molar-refractivity contribution in [2.75, 3.05) is 6.54 Å². The van der Waals surface area contributed by atoms with Gasteiger partial charge >= 0.3 is 0 Å². The van der Waals surface area contributed by atoms with Crippen molar-refractivity contribution in [2.45, 2.75) is 41.2 Å². The molecule has 4 heteroatoms. The predicted octanol–water partition coefficient (Wildman–Crippen LogP) is 2.34. The van der Waals surface area contributed by atoms with E-state index in [-0.39, 0.29) is 16.7 Å². The molecule has 106 valence electrons. The molecule has 0 aliphatic rings. The fourth-order valence-electron chi connectivity index (χ4n) is 1.34. The van der Waals surface area contributed by atoms with E-state index in [9.17, 15) is 4.79 Å². The largest absolute Gasteiger partial charge is 0.350 e. The fourth-order valence-corrected chi connectivity index (χ4v) is 1.34. The van der Waals surface area contributed by atoms with E-state index in [1.54, 1.807) is 12.3 Å². The molecule has 1 heterocycles. The Bertz CT molecular complexity index is 430. The minimum Gasteiger partial charge on any atom is -0.350 e. The van der Waals surface area contributed by atoms with Crippen LogP contribution in [0.15, 0.2) is 18.3 Å². The van der Waals surface area contributed by atoms with Crippen LogP contribution >= 0.6 is 0 Å². The lowest BCUT2D eigenvalue weighted by Crippen LogP contribution is -2.41. The number of nitrogens with one attached hydrogen (secondary N) is 1. The van der Waals surface area contributed by atoms with Crippen molar-refractivity contribution in [1.82, 2.24) is 10.3 Å². The molecule has 0 bridgehead atoms. The highest BCUT2D eigenvalue weighted by atomic mass is 16.1. The number of pyridine rings is 1. The monoisotopic (exact) mass is 263 g/mol. The maximum atomic E-state index is 12.0. The highest BCUT2D eigenvalue weighted by Gasteiger charge is 2.32. The van der Waals surface area contributed by atoms with Gasteiger partial charge < -0.3 is 11.1 Å². The Morgan fingerprint density at radius 2 is 1.89 bits per heavy atom. The lowest BCUT2D eigenvalue weighted by molar-refractivity contribution is 0.0863. The van der Waals surface area contributed by atoms with Crippen LogP contribution < -0.4 is 11.1 Å². The molecule has 0 aromatic carbocycles. The molecule has 3 N–H and O–H groups in total. The average molecular weight is 263 g/mol. The Morgan fingerprint density at radius 3 is 2.32 bits per heavy atom. The summed E-state index contributed by atoms with van der Waals surface area (Å²) in [5, 5.41) is 2.95. The van der Waals surface area contributed by atoms with E-state index in [1.807, 2.05) is 6.07 Å². The Morgan fingerprint density at radius 1 is 1.26 bits per heavy atom. The summed E-state index contributed by atoms with van der Waals surface area (Å²) >= 11 is 0. The van der Waals surface area contributed by atoms with Crippen LogP contribution in [0.25, 0.3) is 0 Å². The summed E-state index contributed by atoms with van der Waals surface area (Å²) in [6, 6.07) is 3.54. The van der Waals surface area contributed by atoms with Gasteiger partial charge in [-0.3, -0.25) is 9.78 Å². The van der Waals surface area contributed by atoms with Gasteiger partial charge in [-0.05, 0) is 22.5 Å². The summed E-state index contributed by atoms with van der Waals surface area (Å²) in [5.74, 6) is -0.138. The van der Waals surface area contributed by atoms with Crippen molar-refractivity contribution in [3.05, 3.63) is 29.6 Å². The van der Waals surface area contributed by atoms with Crippen LogP contribution in [0, 0.1) is 10.8 Å². The highest BCUT2D eigenvalue weighted by Crippen LogP contribution is 2.36. The lowest BCUT2D eigenvalue weighted by atomic mass is 9.69. The normalized spacial score (nSPS) is 12.3. The van der Waals surface area contributed by atoms with Crippen molar-refractivity contribution in [1.29, 1.82) is 0 Å². The number of nitrogens with zero attached hydrogens (tertiary/aromatic N) is 1. The van der Waals surface area contributed by atoms with Gasteiger partial charge in [0.25, 0.3) is 5.91 Å². The SMILES string of the molecule is CC(C)(C)C(C)(C)CNC(=O)c1ccc(CN)cn1. The van der Waals surface area contributed by atoms with Crippen LogP contribution in [-0.2, 0) is 6.54 Å². The topological polar surface area (TPSA) is 68.0 Å². The lowest BCUT2D eigenvalue weighted by Gasteiger charge is -2.38. The Labute approximate surface area is 115 Å². The maximum absolute atomic E-state index is 12.0. The van der Waals surface area contributed by atoms with Gasteiger partial charge in [0.2, 0.25) is 0 Å². The van der Waals surface area contributed by atoms with Crippen molar-refractivity contribution in [2.24, 2.45) is 16.6 Å². The molecule has 1 rings (SSSR count). The molecular formula is C15H25N3O. The van der Waals surface area contributed by atoms with Crippen LogP contribution in [-0.4, -0.2) is 17.4 Å². The first-order valence-electron chi connectivity index (χ1n) is 6.60. The molecular weight excluding hydrogens is 238 g/mol. The first-order valence-corrected chi connectivity index (χ1v) is 6.60. The molecule has 0 atom stereocenters. The maximum Gasteiger partial charge on any atom is 0.269 e. The highest BCUT2D eigenvalue weighted by molar-refractivity contribution is 5.92. The Balaban J connectivity index is 2.65. The van der Waals surface area contributed by atoms with Crippen molar-refractivity contribution in [3.8, 4) is 0 Å². The Kier molecular flexibility index (Phi) is 4.69. The minimum atomic E-state index is -0.138. The quantitative estimate of drug-likeness (QED) is 0.876. The molecule has 1 amide bonds. The zero-order valence-electron chi connectivity index (χ0n) is 12.6. The fraction of sp³-hybridized carbons (Fsp3) is 0.600. The van der Waals surface area contributed by atoms with Crippen LogP contribution in [0.2, 0.25) is 0 Å². The molecule has 0 saturated carbocycles. The molecule has 0 radical (unpaired) electrons. The van der Waals surface area contributed by atoms with Gasteiger partial charge in [-0.2, -0.15) is 0 Å². The molecule has 0 spiro atoms. The number of carbonyl (C=O) groups excluding carboxylic acids is 1. The van der Waals surface area contributed by atoms with Gasteiger partial charge in [-0.25, -0.2) is 0 Å². The smallest absolute Gasteiger partial charge is 0.269 e. The second-order valence-corrected chi connectivity index (χ2v) is 6.57. The van der Waals surface area contributed by atoms with E-state index in [0.29, 0.717) is 18.8 Å². The number of rotatable bonds is 4. The molecule has 0 fully saturated rings. The zero-order chi connectivity index (χ0) is 14.7. The number of amides is 1. The third-order valence-electron chi connectivity index (χ3n) is 4.01. The van der Waals surface area contributed by atoms with Gasteiger partial charge in [0.15, 0.2) is 0 Å². The molecule has 0 aliphatic carbocycles. The number of hydrogen-bond acceptors (Lipinski definition) is 3. The van der Waals surface area contributed by atoms with Gasteiger partial charge in [-0.1, -0.05) is 40.7 Å². The summed E-state index contributed by atoms with van der Waals surface area (Å²) < 4.78 is 0. The van der Waals surface area contributed by atoms with Crippen LogP contribution in [0.3, 0.4) is 0 Å². The molecule has 1 aromatic rings. The van der Waals surface area contributed by atoms with Gasteiger partial charge in [0.05, 0.1) is 0 Å². The third kappa shape index (κ3) is 4.03. The van der Waals surface area contributed by atoms with Crippen LogP contribution in [0.1, 0.15) is 50.7 Å². The molecule has 0 aliphatic heterocycles. The average Bonchev–Trinajstić information content (AvgIpc) is 2.35. The van der Waals surface area contributed by atoms with Crippen molar-refractivity contribution in [3.63, 3.8) is 0 Å². The first kappa shape index (κ1) is 15.6. The number of carbonyl (C=O) groups is 1. The van der Waals surface area contributed by atoms with Gasteiger partial charge in [0.1, 0.15) is 5.69 Å². The molecule has 1 aromatic heterocycles. The zero-order valence-corrected chi connectivity index (χ0v) is 12.6. The molecule has 0 unspecified atom stereocenters. The Hall–Kier alpha value is -1.42. The standard InChI is InChI=1S/C15H25N3O/c1-14(2,3)15(4,5)10-18-13(19)12-7-6-11(8-16)9-17-12/h6-7,9H,8,10,16H2,1-5H3,(H,18,19). The van der Waals surface area contributed by atoms with E-state index in [1.165, 1.54) is 0 Å². The van der Waals surface area contributed by atoms with E-state index in [2.05, 4.69) is 44.9 Å². The van der Waals surface area contributed by atoms with Gasteiger partial charge in [-0.15, -0.1) is 0 Å². The summed E-state index contributed by atoms with van der Waals surface area (Å²) in [4.78, 5) is 16.1. The summed E-state index contributed by atoms with van der Waals surface area (Å²) in [6.45, 7) is 11.9. The summed E-state index contributed by atoms with van der Waals surface area (Å²) in [7, 11) is 0. The second kappa shape index (κ2) is 5.70. The van der Waals surface area contributed by atoms with E-state index in [4.69, 9.17) is 5.73 Å². The van der Waals surface area contributed by atoms with E-state index in [0.717, 1.165) is 5.56 Å². The van der Waals surface area contributed by atoms with Crippen molar-refractivity contribution >= 4 is 5.91 Å². The molecule has 4 nitrogen and oxygen atoms in total. The summed E-state index contributed by atoms with van der Waals surface area (Å²) in [6.07, 6.45) is 1.64. The van der Waals surface area contributed by atoms with Gasteiger partial charge in [0, 0.05) is 19.3 Å². The second-order valence-electron chi connectivity index (χ2n) is 6.57. The number of aromatic nitrogens is 1. The molecule has 0 saturated heterocycles. The minimum absolute atomic E-state index is 0.0137. The third-order valence-corrected chi connectivity index (χ3v) is 4.01. The number of hydrogen-bond donors (Lipinski definition) is 2. The van der Waals surface area contributed by atoms with E-state index < -0.39 is 0 Å². The van der Waals surface area contributed by atoms with E-state index >= 15 is 0 Å². The number of nitrogens with two attached hydrogens (primary N) is 1. The van der Waals surface area contributed by atoms with Crippen LogP contribution in [0.5, 0.6) is 0 Å². The van der Waals surface area contributed by atoms with Crippen LogP contribution in [0.4, 0.5) is 0 Å².